The number of hydrogen-bond acceptors (Lipinski definition) is 8. The molecule has 0 unspecified atom stereocenters. The van der Waals surface area contributed by atoms with Crippen LogP contribution in [0, 0.1) is 16.0 Å². The number of benzene rings is 2. The number of imide groups is 1. The molecule has 176 valence electrons. The van der Waals surface area contributed by atoms with Crippen molar-refractivity contribution in [3.63, 3.8) is 0 Å². The van der Waals surface area contributed by atoms with Crippen LogP contribution in [0.15, 0.2) is 36.4 Å². The molecule has 0 spiro atoms. The van der Waals surface area contributed by atoms with Crippen LogP contribution >= 0.6 is 11.6 Å². The van der Waals surface area contributed by atoms with Crippen molar-refractivity contribution in [3.8, 4) is 17.2 Å². The van der Waals surface area contributed by atoms with Crippen LogP contribution in [0.4, 0.5) is 10.5 Å². The molecule has 0 saturated heterocycles. The lowest BCUT2D eigenvalue weighted by Crippen LogP contribution is -2.42. The first-order chi connectivity index (χ1) is 15.6. The highest BCUT2D eigenvalue weighted by atomic mass is 35.5. The van der Waals surface area contributed by atoms with Gasteiger partial charge in [0.05, 0.1) is 17.6 Å². The molecule has 0 heterocycles. The van der Waals surface area contributed by atoms with E-state index in [1.54, 1.807) is 0 Å². The first kappa shape index (κ1) is 25.4. The average molecular weight is 480 g/mol. The highest BCUT2D eigenvalue weighted by Gasteiger charge is 2.20. The number of hydrogen-bond donors (Lipinski definition) is 2. The monoisotopic (exact) mass is 479 g/mol. The molecule has 0 aliphatic carbocycles. The Morgan fingerprint density at radius 1 is 1.09 bits per heavy atom. The van der Waals surface area contributed by atoms with Crippen LogP contribution in [0.3, 0.4) is 0 Å². The van der Waals surface area contributed by atoms with E-state index in [1.165, 1.54) is 37.4 Å². The lowest BCUT2D eigenvalue weighted by atomic mass is 10.2. The summed E-state index contributed by atoms with van der Waals surface area (Å²) in [7, 11) is 1.32. The Morgan fingerprint density at radius 2 is 1.79 bits per heavy atom. The number of methoxy groups -OCH3 is 1. The maximum absolute atomic E-state index is 12.3. The molecule has 2 aromatic carbocycles. The van der Waals surface area contributed by atoms with Gasteiger partial charge in [-0.3, -0.25) is 20.2 Å². The number of rotatable bonds is 9. The second kappa shape index (κ2) is 11.7. The van der Waals surface area contributed by atoms with E-state index in [0.29, 0.717) is 6.54 Å². The fourth-order valence-corrected chi connectivity index (χ4v) is 2.60. The zero-order valence-corrected chi connectivity index (χ0v) is 18.8. The summed E-state index contributed by atoms with van der Waals surface area (Å²) < 4.78 is 15.7. The Morgan fingerprint density at radius 3 is 2.42 bits per heavy atom. The number of nitro groups is 1. The van der Waals surface area contributed by atoms with Crippen LogP contribution < -0.4 is 20.1 Å². The lowest BCUT2D eigenvalue weighted by molar-refractivity contribution is -0.385. The maximum atomic E-state index is 12.3. The summed E-state index contributed by atoms with van der Waals surface area (Å²) in [6.07, 6.45) is 0. The van der Waals surface area contributed by atoms with Gasteiger partial charge in [-0.1, -0.05) is 25.4 Å². The molecule has 0 aliphatic heterocycles. The van der Waals surface area contributed by atoms with E-state index in [2.05, 4.69) is 5.32 Å². The van der Waals surface area contributed by atoms with Gasteiger partial charge < -0.3 is 19.5 Å². The fraction of sp³-hybridized carbons (Fsp3) is 0.286. The van der Waals surface area contributed by atoms with Gasteiger partial charge in [-0.25, -0.2) is 9.59 Å². The lowest BCUT2D eigenvalue weighted by Gasteiger charge is -2.12. The minimum Gasteiger partial charge on any atom is -0.493 e. The van der Waals surface area contributed by atoms with E-state index in [9.17, 15) is 24.5 Å². The van der Waals surface area contributed by atoms with Crippen LogP contribution in [0.1, 0.15) is 24.2 Å². The number of nitrogens with one attached hydrogen (secondary N) is 2. The molecule has 2 rings (SSSR count). The Kier molecular flexibility index (Phi) is 8.98. The summed E-state index contributed by atoms with van der Waals surface area (Å²) in [5, 5.41) is 15.9. The van der Waals surface area contributed by atoms with Crippen LogP contribution in [0.2, 0.25) is 5.02 Å². The van der Waals surface area contributed by atoms with Gasteiger partial charge in [0.15, 0.2) is 18.1 Å². The summed E-state index contributed by atoms with van der Waals surface area (Å²) in [6, 6.07) is 7.18. The van der Waals surface area contributed by atoms with Gasteiger partial charge in [0.1, 0.15) is 0 Å². The van der Waals surface area contributed by atoms with Crippen LogP contribution in [0.25, 0.3) is 0 Å². The summed E-state index contributed by atoms with van der Waals surface area (Å²) >= 11 is 5.80. The van der Waals surface area contributed by atoms with Crippen molar-refractivity contribution in [3.05, 3.63) is 57.1 Å². The Labute approximate surface area is 194 Å². The highest BCUT2D eigenvalue weighted by molar-refractivity contribution is 6.30. The molecule has 0 radical (unpaired) electrons. The van der Waals surface area contributed by atoms with Gasteiger partial charge in [0.2, 0.25) is 5.75 Å². The summed E-state index contributed by atoms with van der Waals surface area (Å²) in [4.78, 5) is 46.2. The predicted octanol–water partition coefficient (Wildman–Crippen LogP) is 3.69. The van der Waals surface area contributed by atoms with E-state index in [4.69, 9.17) is 25.8 Å². The van der Waals surface area contributed by atoms with E-state index in [0.717, 1.165) is 6.07 Å². The molecular formula is C21H22ClN3O8. The molecule has 3 amide bonds. The number of carbonyl (C=O) groups excluding carboxylic acids is 3. The van der Waals surface area contributed by atoms with Crippen molar-refractivity contribution in [1.29, 1.82) is 0 Å². The van der Waals surface area contributed by atoms with Crippen molar-refractivity contribution in [2.24, 2.45) is 5.92 Å². The minimum absolute atomic E-state index is 0.0295. The largest absolute Gasteiger partial charge is 0.493 e. The van der Waals surface area contributed by atoms with Gasteiger partial charge in [0, 0.05) is 17.6 Å². The molecule has 2 N–H and O–H groups in total. The normalized spacial score (nSPS) is 10.3. The van der Waals surface area contributed by atoms with Gasteiger partial charge in [0.25, 0.3) is 5.91 Å². The minimum atomic E-state index is -0.852. The van der Waals surface area contributed by atoms with Crippen LogP contribution in [0.5, 0.6) is 17.2 Å². The second-order valence-corrected chi connectivity index (χ2v) is 7.50. The van der Waals surface area contributed by atoms with Crippen LogP contribution in [-0.2, 0) is 9.53 Å². The summed E-state index contributed by atoms with van der Waals surface area (Å²) in [5.41, 5.74) is -0.321. The number of nitro benzene ring substituents is 1. The zero-order valence-electron chi connectivity index (χ0n) is 18.0. The first-order valence-corrected chi connectivity index (χ1v) is 10.0. The molecule has 0 saturated carbocycles. The third-order valence-corrected chi connectivity index (χ3v) is 4.23. The van der Waals surface area contributed by atoms with Crippen molar-refractivity contribution < 1.29 is 33.5 Å². The number of nitrogens with zero attached hydrogens (tertiary/aromatic N) is 1. The van der Waals surface area contributed by atoms with E-state index < -0.39 is 29.4 Å². The van der Waals surface area contributed by atoms with E-state index in [1.807, 2.05) is 19.2 Å². The molecule has 0 atom stereocenters. The van der Waals surface area contributed by atoms with Gasteiger partial charge in [-0.2, -0.15) is 0 Å². The smallest absolute Gasteiger partial charge is 0.338 e. The third kappa shape index (κ3) is 7.65. The summed E-state index contributed by atoms with van der Waals surface area (Å²) in [6.45, 7) is 3.49. The number of urea groups is 1. The topological polar surface area (TPSA) is 146 Å². The number of carbonyl (C=O) groups is 3. The van der Waals surface area contributed by atoms with E-state index >= 15 is 0 Å². The molecular weight excluding hydrogens is 458 g/mol. The predicted molar refractivity (Wildman–Crippen MR) is 118 cm³/mol. The second-order valence-electron chi connectivity index (χ2n) is 7.07. The number of ether oxygens (including phenoxy) is 3. The Bertz CT molecular complexity index is 1060. The molecule has 0 aliphatic rings. The van der Waals surface area contributed by atoms with Gasteiger partial charge in [-0.05, 0) is 36.2 Å². The molecule has 2 aromatic rings. The fourth-order valence-electron chi connectivity index (χ4n) is 2.44. The average Bonchev–Trinajstić information content (AvgIpc) is 2.77. The van der Waals surface area contributed by atoms with Crippen molar-refractivity contribution in [1.82, 2.24) is 10.6 Å². The quantitative estimate of drug-likeness (QED) is 0.314. The molecule has 11 nitrogen and oxygen atoms in total. The number of esters is 1. The Balaban J connectivity index is 2.04. The number of amides is 3. The van der Waals surface area contributed by atoms with Crippen LogP contribution in [-0.4, -0.2) is 43.1 Å². The molecule has 33 heavy (non-hydrogen) atoms. The SMILES string of the molecule is COc1cc(C(=O)OCC(=O)NC(=O)NCC(C)C)ccc1Oc1ccc(Cl)cc1[N+](=O)[O-]. The highest BCUT2D eigenvalue weighted by Crippen LogP contribution is 2.37. The first-order valence-electron chi connectivity index (χ1n) is 9.65. The molecule has 0 fully saturated rings. The molecule has 0 aromatic heterocycles. The standard InChI is InChI=1S/C21H22ClN3O8/c1-12(2)10-23-21(28)24-19(26)11-32-20(27)13-4-6-17(18(8-13)31-3)33-16-7-5-14(22)9-15(16)25(29)30/h4-9,12H,10-11H2,1-3H3,(H2,23,24,26,28). The van der Waals surface area contributed by atoms with E-state index in [-0.39, 0.29) is 39.4 Å². The van der Waals surface area contributed by atoms with Crippen molar-refractivity contribution in [2.45, 2.75) is 13.8 Å². The zero-order chi connectivity index (χ0) is 24.5. The Hall–Kier alpha value is -3.86. The van der Waals surface area contributed by atoms with Gasteiger partial charge in [-0.15, -0.1) is 0 Å². The molecule has 0 bridgehead atoms. The third-order valence-electron chi connectivity index (χ3n) is 4.00. The number of halogens is 1. The summed E-state index contributed by atoms with van der Waals surface area (Å²) in [5.74, 6) is -1.34. The van der Waals surface area contributed by atoms with Crippen molar-refractivity contribution >= 4 is 35.2 Å². The van der Waals surface area contributed by atoms with Gasteiger partial charge >= 0.3 is 17.7 Å². The molecule has 12 heteroatoms. The maximum Gasteiger partial charge on any atom is 0.338 e. The van der Waals surface area contributed by atoms with Crippen molar-refractivity contribution in [2.75, 3.05) is 20.3 Å².